The van der Waals surface area contributed by atoms with E-state index in [4.69, 9.17) is 0 Å². The number of hydrogen-bond acceptors (Lipinski definition) is 8. The number of carbonyl (C=O) groups excluding carboxylic acids is 3. The summed E-state index contributed by atoms with van der Waals surface area (Å²) < 4.78 is 0. The van der Waals surface area contributed by atoms with Crippen LogP contribution in [0.15, 0.2) is 34.8 Å². The van der Waals surface area contributed by atoms with E-state index >= 15 is 0 Å². The first-order valence-corrected chi connectivity index (χ1v) is 11.0. The van der Waals surface area contributed by atoms with Gasteiger partial charge in [0, 0.05) is 24.5 Å². The van der Waals surface area contributed by atoms with E-state index in [2.05, 4.69) is 4.90 Å². The monoisotopic (exact) mass is 439 g/mol. The maximum Gasteiger partial charge on any atom is 0.209 e. The molecule has 8 heteroatoms. The first-order valence-electron chi connectivity index (χ1n) is 11.0. The second kappa shape index (κ2) is 7.28. The average Bonchev–Trinajstić information content (AvgIpc) is 3.23. The number of aliphatic hydroxyl groups is 3. The summed E-state index contributed by atoms with van der Waals surface area (Å²) in [6.07, 6.45) is 2.82. The molecular weight excluding hydrogens is 414 g/mol. The number of phenolic OH excluding ortho intramolecular Hbond substituents is 1. The van der Waals surface area contributed by atoms with E-state index in [1.54, 1.807) is 6.07 Å². The predicted octanol–water partition coefficient (Wildman–Crippen LogP) is 1.89. The molecule has 1 heterocycles. The summed E-state index contributed by atoms with van der Waals surface area (Å²) >= 11 is 0. The Morgan fingerprint density at radius 1 is 1.09 bits per heavy atom. The zero-order valence-corrected chi connectivity index (χ0v) is 17.5. The molecule has 0 amide bonds. The van der Waals surface area contributed by atoms with Crippen LogP contribution in [0.3, 0.4) is 0 Å². The zero-order chi connectivity index (χ0) is 22.8. The van der Waals surface area contributed by atoms with Gasteiger partial charge in [0.15, 0.2) is 17.7 Å². The molecule has 168 valence electrons. The highest BCUT2D eigenvalue weighted by atomic mass is 16.3. The number of fused-ring (bicyclic) bond motifs is 3. The molecule has 32 heavy (non-hydrogen) atoms. The van der Waals surface area contributed by atoms with Gasteiger partial charge in [-0.1, -0.05) is 6.07 Å². The predicted molar refractivity (Wildman–Crippen MR) is 112 cm³/mol. The largest absolute Gasteiger partial charge is 0.511 e. The summed E-state index contributed by atoms with van der Waals surface area (Å²) in [4.78, 5) is 39.7. The van der Waals surface area contributed by atoms with Crippen LogP contribution in [0.5, 0.6) is 5.75 Å². The Morgan fingerprint density at radius 2 is 1.81 bits per heavy atom. The Morgan fingerprint density at radius 3 is 2.50 bits per heavy atom. The van der Waals surface area contributed by atoms with Crippen LogP contribution in [0.2, 0.25) is 0 Å². The molecule has 5 rings (SSSR count). The molecule has 1 aromatic carbocycles. The van der Waals surface area contributed by atoms with E-state index < -0.39 is 46.1 Å². The van der Waals surface area contributed by atoms with Crippen molar-refractivity contribution in [3.8, 4) is 5.75 Å². The minimum atomic E-state index is -2.44. The third-order valence-electron chi connectivity index (χ3n) is 7.45. The second-order valence-electron chi connectivity index (χ2n) is 9.34. The van der Waals surface area contributed by atoms with Crippen molar-refractivity contribution in [1.29, 1.82) is 0 Å². The normalized spacial score (nSPS) is 30.3. The Kier molecular flexibility index (Phi) is 4.76. The van der Waals surface area contributed by atoms with Crippen molar-refractivity contribution in [3.63, 3.8) is 0 Å². The van der Waals surface area contributed by atoms with Gasteiger partial charge < -0.3 is 20.4 Å². The molecule has 3 aliphatic carbocycles. The molecule has 0 aromatic heterocycles. The van der Waals surface area contributed by atoms with E-state index in [1.807, 2.05) is 6.07 Å². The number of carbonyl (C=O) groups is 3. The molecule has 4 N–H and O–H groups in total. The number of likely N-dealkylation sites (tertiary alicyclic amines) is 1. The first-order chi connectivity index (χ1) is 15.3. The van der Waals surface area contributed by atoms with Gasteiger partial charge in [0.25, 0.3) is 0 Å². The smallest absolute Gasteiger partial charge is 0.209 e. The summed E-state index contributed by atoms with van der Waals surface area (Å²) in [7, 11) is 0. The Labute approximate surface area is 184 Å². The van der Waals surface area contributed by atoms with Gasteiger partial charge in [0.1, 0.15) is 17.3 Å². The summed E-state index contributed by atoms with van der Waals surface area (Å²) in [5.74, 6) is -4.42. The zero-order valence-electron chi connectivity index (χ0n) is 17.5. The maximum atomic E-state index is 13.3. The Hall–Kier alpha value is -2.97. The molecule has 1 fully saturated rings. The Balaban J connectivity index is 1.56. The molecule has 0 bridgehead atoms. The summed E-state index contributed by atoms with van der Waals surface area (Å²) in [5, 5.41) is 42.9. The van der Waals surface area contributed by atoms with Crippen LogP contribution in [0, 0.1) is 11.8 Å². The van der Waals surface area contributed by atoms with Gasteiger partial charge in [-0.05, 0) is 61.9 Å². The minimum absolute atomic E-state index is 0.0762. The van der Waals surface area contributed by atoms with Gasteiger partial charge in [-0.25, -0.2) is 0 Å². The molecule has 4 aliphatic rings. The number of benzene rings is 1. The van der Waals surface area contributed by atoms with Crippen LogP contribution in [0.1, 0.15) is 47.2 Å². The molecule has 3 atom stereocenters. The molecule has 0 spiro atoms. The SMILES string of the molecule is O=CC1=C(O)C[C@@H]2CC3Cc4cc(CN5CCCC5)cc(O)c4C(=O)C3=C(O)[C@]2(O)C1=O. The third-order valence-corrected chi connectivity index (χ3v) is 7.45. The number of phenols is 1. The number of ketones is 2. The van der Waals surface area contributed by atoms with Gasteiger partial charge in [0.05, 0.1) is 11.1 Å². The Bertz CT molecular complexity index is 1110. The molecule has 1 aromatic rings. The number of nitrogens with zero attached hydrogens (tertiary/aromatic N) is 1. The van der Waals surface area contributed by atoms with E-state index in [1.165, 1.54) is 0 Å². The van der Waals surface area contributed by atoms with Gasteiger partial charge >= 0.3 is 0 Å². The minimum Gasteiger partial charge on any atom is -0.511 e. The van der Waals surface area contributed by atoms with Gasteiger partial charge in [-0.3, -0.25) is 19.3 Å². The lowest BCUT2D eigenvalue weighted by Gasteiger charge is -2.45. The number of allylic oxidation sites excluding steroid dienone is 2. The van der Waals surface area contributed by atoms with Crippen molar-refractivity contribution in [3.05, 3.63) is 51.5 Å². The van der Waals surface area contributed by atoms with Crippen molar-refractivity contribution in [1.82, 2.24) is 4.90 Å². The topological polar surface area (TPSA) is 135 Å². The van der Waals surface area contributed by atoms with E-state index in [9.17, 15) is 34.8 Å². The molecule has 0 saturated carbocycles. The number of Topliss-reactive ketones (excluding diaryl/α,β-unsaturated/α-hetero) is 2. The molecular formula is C24H25NO7. The van der Waals surface area contributed by atoms with E-state index in [0.29, 0.717) is 18.5 Å². The van der Waals surface area contributed by atoms with Crippen molar-refractivity contribution in [2.45, 2.75) is 44.2 Å². The third kappa shape index (κ3) is 2.86. The van der Waals surface area contributed by atoms with Crippen LogP contribution in [-0.4, -0.2) is 61.9 Å². The fourth-order valence-corrected chi connectivity index (χ4v) is 5.89. The van der Waals surface area contributed by atoms with Crippen LogP contribution < -0.4 is 0 Å². The van der Waals surface area contributed by atoms with Crippen molar-refractivity contribution in [2.24, 2.45) is 11.8 Å². The molecule has 8 nitrogen and oxygen atoms in total. The van der Waals surface area contributed by atoms with Crippen LogP contribution >= 0.6 is 0 Å². The van der Waals surface area contributed by atoms with Crippen LogP contribution in [0.4, 0.5) is 0 Å². The highest BCUT2D eigenvalue weighted by Gasteiger charge is 2.58. The number of rotatable bonds is 3. The fraction of sp³-hybridized carbons (Fsp3) is 0.458. The molecule has 1 unspecified atom stereocenters. The van der Waals surface area contributed by atoms with E-state index in [0.717, 1.165) is 31.5 Å². The van der Waals surface area contributed by atoms with Crippen LogP contribution in [-0.2, 0) is 22.6 Å². The quantitative estimate of drug-likeness (QED) is 0.414. The summed E-state index contributed by atoms with van der Waals surface area (Å²) in [6, 6.07) is 3.47. The molecule has 1 saturated heterocycles. The van der Waals surface area contributed by atoms with Gasteiger partial charge in [0.2, 0.25) is 5.78 Å². The molecule has 0 radical (unpaired) electrons. The first kappa shape index (κ1) is 20.9. The summed E-state index contributed by atoms with van der Waals surface area (Å²) in [6.45, 7) is 2.67. The fourth-order valence-electron chi connectivity index (χ4n) is 5.89. The van der Waals surface area contributed by atoms with Gasteiger partial charge in [-0.15, -0.1) is 0 Å². The van der Waals surface area contributed by atoms with E-state index in [-0.39, 0.29) is 36.0 Å². The highest BCUT2D eigenvalue weighted by Crippen LogP contribution is 2.51. The average molecular weight is 439 g/mol. The van der Waals surface area contributed by atoms with Crippen molar-refractivity contribution >= 4 is 17.9 Å². The van der Waals surface area contributed by atoms with Gasteiger partial charge in [-0.2, -0.15) is 0 Å². The number of aromatic hydroxyl groups is 1. The standard InChI is InChI=1S/C24H25NO7/c26-11-16-17(27)9-15-8-14-7-13-5-12(10-25-3-1-2-4-25)6-18(28)19(13)21(29)20(14)23(31)24(15,32)22(16)30/h5-6,11,14-15,27-28,31-32H,1-4,7-10H2/t14?,15-,24+/m0/s1. The molecule has 1 aliphatic heterocycles. The van der Waals surface area contributed by atoms with Crippen LogP contribution in [0.25, 0.3) is 0 Å². The lowest BCUT2D eigenvalue weighted by atomic mass is 9.60. The number of hydrogen-bond donors (Lipinski definition) is 4. The lowest BCUT2D eigenvalue weighted by Crippen LogP contribution is -2.56. The second-order valence-corrected chi connectivity index (χ2v) is 9.34. The lowest BCUT2D eigenvalue weighted by molar-refractivity contribution is -0.143. The van der Waals surface area contributed by atoms with Crippen molar-refractivity contribution in [2.75, 3.05) is 13.1 Å². The van der Waals surface area contributed by atoms with Crippen molar-refractivity contribution < 1.29 is 34.8 Å². The highest BCUT2D eigenvalue weighted by molar-refractivity contribution is 6.20. The number of aldehydes is 1. The maximum absolute atomic E-state index is 13.3. The number of aliphatic hydroxyl groups excluding tert-OH is 2. The summed E-state index contributed by atoms with van der Waals surface area (Å²) in [5.41, 5.74) is -1.47.